The van der Waals surface area contributed by atoms with E-state index in [1.165, 1.54) is 15.4 Å². The van der Waals surface area contributed by atoms with E-state index >= 15 is 0 Å². The fourth-order valence-electron chi connectivity index (χ4n) is 3.69. The highest BCUT2D eigenvalue weighted by molar-refractivity contribution is 7.88. The van der Waals surface area contributed by atoms with Gasteiger partial charge in [-0.2, -0.15) is 4.31 Å². The van der Waals surface area contributed by atoms with E-state index < -0.39 is 10.0 Å². The van der Waals surface area contributed by atoms with Crippen molar-refractivity contribution in [3.63, 3.8) is 0 Å². The van der Waals surface area contributed by atoms with Crippen LogP contribution >= 0.6 is 0 Å². The lowest BCUT2D eigenvalue weighted by Gasteiger charge is -2.26. The van der Waals surface area contributed by atoms with Gasteiger partial charge in [0.25, 0.3) is 5.91 Å². The van der Waals surface area contributed by atoms with E-state index in [1.807, 2.05) is 13.8 Å². The van der Waals surface area contributed by atoms with E-state index in [4.69, 9.17) is 4.74 Å². The second-order valence-corrected chi connectivity index (χ2v) is 9.92. The molecule has 1 fully saturated rings. The molecule has 1 amide bonds. The van der Waals surface area contributed by atoms with Crippen molar-refractivity contribution < 1.29 is 17.9 Å². The maximum absolute atomic E-state index is 12.7. The number of carbonyl (C=O) groups excluding carboxylic acids is 1. The summed E-state index contributed by atoms with van der Waals surface area (Å²) in [6, 6.07) is 10.9. The Hall–Kier alpha value is -2.22. The predicted molar refractivity (Wildman–Crippen MR) is 118 cm³/mol. The first kappa shape index (κ1) is 22.5. The van der Waals surface area contributed by atoms with Gasteiger partial charge in [0.2, 0.25) is 10.0 Å². The number of rotatable bonds is 6. The molecule has 1 saturated heterocycles. The SMILES string of the molecule is Cc1cc(C)c([C@H](C)NC(=O)c2ccc(CS(=O)(=O)N3CCOCC3)cc2)cc1C. The van der Waals surface area contributed by atoms with Gasteiger partial charge in [0.05, 0.1) is 25.0 Å². The average molecular weight is 431 g/mol. The van der Waals surface area contributed by atoms with Crippen LogP contribution in [-0.4, -0.2) is 44.9 Å². The predicted octanol–water partition coefficient (Wildman–Crippen LogP) is 3.26. The van der Waals surface area contributed by atoms with Crippen molar-refractivity contribution in [1.82, 2.24) is 9.62 Å². The number of nitrogens with one attached hydrogen (secondary N) is 1. The molecule has 3 rings (SSSR count). The van der Waals surface area contributed by atoms with Crippen molar-refractivity contribution in [3.8, 4) is 0 Å². The average Bonchev–Trinajstić information content (AvgIpc) is 2.71. The maximum Gasteiger partial charge on any atom is 0.251 e. The molecule has 0 radical (unpaired) electrons. The summed E-state index contributed by atoms with van der Waals surface area (Å²) in [6.07, 6.45) is 0. The highest BCUT2D eigenvalue weighted by atomic mass is 32.2. The van der Waals surface area contributed by atoms with E-state index in [0.29, 0.717) is 37.4 Å². The van der Waals surface area contributed by atoms with E-state index in [-0.39, 0.29) is 17.7 Å². The standard InChI is InChI=1S/C23H30N2O4S/c1-16-13-18(3)22(14-17(16)2)19(4)24-23(26)21-7-5-20(6-8-21)15-30(27,28)25-9-11-29-12-10-25/h5-8,13-14,19H,9-12,15H2,1-4H3,(H,24,26)/t19-/m0/s1. The van der Waals surface area contributed by atoms with Crippen molar-refractivity contribution in [1.29, 1.82) is 0 Å². The summed E-state index contributed by atoms with van der Waals surface area (Å²) < 4.78 is 31.8. The molecule has 6 nitrogen and oxygen atoms in total. The van der Waals surface area contributed by atoms with E-state index in [0.717, 1.165) is 11.1 Å². The van der Waals surface area contributed by atoms with Crippen molar-refractivity contribution in [2.24, 2.45) is 0 Å². The molecule has 0 saturated carbocycles. The summed E-state index contributed by atoms with van der Waals surface area (Å²) in [6.45, 7) is 9.79. The van der Waals surface area contributed by atoms with Gasteiger partial charge in [-0.1, -0.05) is 24.3 Å². The number of nitrogens with zero attached hydrogens (tertiary/aromatic N) is 1. The van der Waals surface area contributed by atoms with Gasteiger partial charge in [-0.25, -0.2) is 8.42 Å². The monoisotopic (exact) mass is 430 g/mol. The Morgan fingerprint density at radius 3 is 2.27 bits per heavy atom. The van der Waals surface area contributed by atoms with Crippen LogP contribution in [0.1, 0.15) is 51.1 Å². The highest BCUT2D eigenvalue weighted by Gasteiger charge is 2.24. The lowest BCUT2D eigenvalue weighted by Crippen LogP contribution is -2.41. The van der Waals surface area contributed by atoms with Crippen LogP contribution < -0.4 is 5.32 Å². The number of ether oxygens (including phenoxy) is 1. The molecule has 0 bridgehead atoms. The van der Waals surface area contributed by atoms with Crippen molar-refractivity contribution >= 4 is 15.9 Å². The zero-order chi connectivity index (χ0) is 21.9. The van der Waals surface area contributed by atoms with Gasteiger partial charge in [-0.15, -0.1) is 0 Å². The molecule has 0 spiro atoms. The summed E-state index contributed by atoms with van der Waals surface area (Å²) in [5.41, 5.74) is 5.85. The smallest absolute Gasteiger partial charge is 0.251 e. The van der Waals surface area contributed by atoms with Crippen LogP contribution in [0.2, 0.25) is 0 Å². The molecule has 162 valence electrons. The highest BCUT2D eigenvalue weighted by Crippen LogP contribution is 2.22. The number of amides is 1. The molecule has 0 unspecified atom stereocenters. The molecule has 7 heteroatoms. The first-order valence-corrected chi connectivity index (χ1v) is 11.8. The number of hydrogen-bond donors (Lipinski definition) is 1. The van der Waals surface area contributed by atoms with Gasteiger partial charge in [0.1, 0.15) is 0 Å². The number of carbonyl (C=O) groups is 1. The van der Waals surface area contributed by atoms with Crippen LogP contribution in [-0.2, 0) is 20.5 Å². The number of hydrogen-bond acceptors (Lipinski definition) is 4. The van der Waals surface area contributed by atoms with E-state index in [2.05, 4.69) is 31.3 Å². The Labute approximate surface area is 179 Å². The maximum atomic E-state index is 12.7. The summed E-state index contributed by atoms with van der Waals surface area (Å²) in [5.74, 6) is -0.254. The Kier molecular flexibility index (Phi) is 6.95. The molecular weight excluding hydrogens is 400 g/mol. The van der Waals surface area contributed by atoms with Gasteiger partial charge in [0.15, 0.2) is 0 Å². The summed E-state index contributed by atoms with van der Waals surface area (Å²) in [5, 5.41) is 3.04. The molecular formula is C23H30N2O4S. The molecule has 1 heterocycles. The summed E-state index contributed by atoms with van der Waals surface area (Å²) >= 11 is 0. The second-order valence-electron chi connectivity index (χ2n) is 7.95. The van der Waals surface area contributed by atoms with Gasteiger partial charge in [-0.05, 0) is 67.6 Å². The Morgan fingerprint density at radius 1 is 1.03 bits per heavy atom. The first-order chi connectivity index (χ1) is 14.2. The summed E-state index contributed by atoms with van der Waals surface area (Å²) in [7, 11) is -3.38. The van der Waals surface area contributed by atoms with Gasteiger partial charge >= 0.3 is 0 Å². The largest absolute Gasteiger partial charge is 0.379 e. The van der Waals surface area contributed by atoms with Gasteiger partial charge in [0, 0.05) is 18.7 Å². The minimum atomic E-state index is -3.38. The van der Waals surface area contributed by atoms with Crippen LogP contribution in [0.5, 0.6) is 0 Å². The van der Waals surface area contributed by atoms with E-state index in [9.17, 15) is 13.2 Å². The molecule has 1 aliphatic heterocycles. The van der Waals surface area contributed by atoms with Crippen molar-refractivity contribution in [3.05, 3.63) is 69.8 Å². The Morgan fingerprint density at radius 2 is 1.63 bits per heavy atom. The third kappa shape index (κ3) is 5.28. The molecule has 0 aliphatic carbocycles. The first-order valence-electron chi connectivity index (χ1n) is 10.2. The third-order valence-electron chi connectivity index (χ3n) is 5.63. The summed E-state index contributed by atoms with van der Waals surface area (Å²) in [4.78, 5) is 12.7. The number of sulfonamides is 1. The lowest BCUT2D eigenvalue weighted by atomic mass is 9.96. The quantitative estimate of drug-likeness (QED) is 0.763. The lowest BCUT2D eigenvalue weighted by molar-refractivity contribution is 0.0729. The minimum Gasteiger partial charge on any atom is -0.379 e. The van der Waals surface area contributed by atoms with Crippen LogP contribution in [0.15, 0.2) is 36.4 Å². The van der Waals surface area contributed by atoms with Crippen LogP contribution in [0.3, 0.4) is 0 Å². The zero-order valence-electron chi connectivity index (χ0n) is 18.1. The Balaban J connectivity index is 1.65. The molecule has 0 aromatic heterocycles. The zero-order valence-corrected chi connectivity index (χ0v) is 18.9. The van der Waals surface area contributed by atoms with Crippen LogP contribution in [0.4, 0.5) is 0 Å². The van der Waals surface area contributed by atoms with Crippen LogP contribution in [0.25, 0.3) is 0 Å². The molecule has 1 atom stereocenters. The molecule has 1 aliphatic rings. The molecule has 2 aromatic rings. The van der Waals surface area contributed by atoms with Crippen molar-refractivity contribution in [2.75, 3.05) is 26.3 Å². The fraction of sp³-hybridized carbons (Fsp3) is 0.435. The number of aryl methyl sites for hydroxylation is 3. The van der Waals surface area contributed by atoms with Crippen LogP contribution in [0, 0.1) is 20.8 Å². The van der Waals surface area contributed by atoms with Gasteiger partial charge < -0.3 is 10.1 Å². The number of benzene rings is 2. The minimum absolute atomic E-state index is 0.0763. The molecule has 1 N–H and O–H groups in total. The van der Waals surface area contributed by atoms with Crippen molar-refractivity contribution in [2.45, 2.75) is 39.5 Å². The van der Waals surface area contributed by atoms with Gasteiger partial charge in [-0.3, -0.25) is 4.79 Å². The van der Waals surface area contributed by atoms with E-state index in [1.54, 1.807) is 24.3 Å². The number of morpholine rings is 1. The topological polar surface area (TPSA) is 75.7 Å². The normalized spacial score (nSPS) is 16.3. The molecule has 30 heavy (non-hydrogen) atoms. The third-order valence-corrected chi connectivity index (χ3v) is 7.48. The second kappa shape index (κ2) is 9.29. The fourth-order valence-corrected chi connectivity index (χ4v) is 5.19. The Bertz CT molecular complexity index is 1010. The molecule has 2 aromatic carbocycles.